The average molecular weight is 473 g/mol. The van der Waals surface area contributed by atoms with Crippen molar-refractivity contribution >= 4 is 44.9 Å². The predicted octanol–water partition coefficient (Wildman–Crippen LogP) is 4.35. The van der Waals surface area contributed by atoms with Crippen LogP contribution in [0.25, 0.3) is 0 Å². The van der Waals surface area contributed by atoms with Crippen LogP contribution >= 0.6 is 11.6 Å². The maximum atomic E-state index is 13.3. The molecule has 3 rings (SSSR count). The van der Waals surface area contributed by atoms with Crippen LogP contribution in [0.4, 0.5) is 11.4 Å². The molecule has 0 radical (unpaired) electrons. The lowest BCUT2D eigenvalue weighted by Gasteiger charge is -2.24. The number of nitrogens with one attached hydrogen (secondary N) is 1. The maximum Gasteiger partial charge on any atom is 0.338 e. The normalized spacial score (nSPS) is 10.9. The van der Waals surface area contributed by atoms with Crippen molar-refractivity contribution in [3.63, 3.8) is 0 Å². The number of carbonyl (C=O) groups is 2. The van der Waals surface area contributed by atoms with Crippen LogP contribution in [-0.4, -0.2) is 33.4 Å². The van der Waals surface area contributed by atoms with E-state index in [1.807, 2.05) is 0 Å². The van der Waals surface area contributed by atoms with E-state index in [0.717, 1.165) is 4.31 Å². The molecule has 1 N–H and O–H groups in total. The van der Waals surface area contributed by atoms with Crippen molar-refractivity contribution in [2.45, 2.75) is 11.8 Å². The van der Waals surface area contributed by atoms with Gasteiger partial charge in [-0.1, -0.05) is 35.9 Å². The molecule has 3 aromatic carbocycles. The zero-order chi connectivity index (χ0) is 23.1. The Morgan fingerprint density at radius 2 is 1.66 bits per heavy atom. The van der Waals surface area contributed by atoms with Gasteiger partial charge in [0.2, 0.25) is 5.91 Å². The smallest absolute Gasteiger partial charge is 0.338 e. The van der Waals surface area contributed by atoms with E-state index in [0.29, 0.717) is 16.3 Å². The minimum atomic E-state index is -4.03. The molecule has 0 heterocycles. The molecule has 0 bridgehead atoms. The van der Waals surface area contributed by atoms with E-state index < -0.39 is 28.4 Å². The molecule has 32 heavy (non-hydrogen) atoms. The van der Waals surface area contributed by atoms with E-state index >= 15 is 0 Å². The number of hydrogen-bond donors (Lipinski definition) is 1. The number of esters is 1. The number of rotatable bonds is 8. The van der Waals surface area contributed by atoms with Gasteiger partial charge in [0.1, 0.15) is 6.54 Å². The lowest BCUT2D eigenvalue weighted by molar-refractivity contribution is -0.114. The van der Waals surface area contributed by atoms with Gasteiger partial charge in [0.25, 0.3) is 10.0 Å². The second-order valence-electron chi connectivity index (χ2n) is 6.65. The molecule has 0 atom stereocenters. The predicted molar refractivity (Wildman–Crippen MR) is 123 cm³/mol. The van der Waals surface area contributed by atoms with Gasteiger partial charge in [-0.2, -0.15) is 0 Å². The molecule has 0 saturated heterocycles. The summed E-state index contributed by atoms with van der Waals surface area (Å²) in [4.78, 5) is 24.5. The largest absolute Gasteiger partial charge is 0.462 e. The first kappa shape index (κ1) is 23.3. The van der Waals surface area contributed by atoms with Gasteiger partial charge in [0.05, 0.1) is 22.8 Å². The number of hydrogen-bond acceptors (Lipinski definition) is 5. The highest BCUT2D eigenvalue weighted by Gasteiger charge is 2.27. The summed E-state index contributed by atoms with van der Waals surface area (Å²) in [5.74, 6) is -1.03. The first-order chi connectivity index (χ1) is 15.3. The number of benzene rings is 3. The molecule has 0 aliphatic heterocycles. The summed E-state index contributed by atoms with van der Waals surface area (Å²) in [5, 5.41) is 2.99. The third-order valence-corrected chi connectivity index (χ3v) is 6.42. The first-order valence-corrected chi connectivity index (χ1v) is 11.5. The van der Waals surface area contributed by atoms with E-state index in [1.165, 1.54) is 30.3 Å². The molecule has 0 unspecified atom stereocenters. The molecule has 0 fully saturated rings. The number of amides is 1. The molecule has 7 nitrogen and oxygen atoms in total. The van der Waals surface area contributed by atoms with Crippen LogP contribution in [0, 0.1) is 0 Å². The fourth-order valence-electron chi connectivity index (χ4n) is 2.90. The number of nitrogens with zero attached hydrogens (tertiary/aromatic N) is 1. The van der Waals surface area contributed by atoms with Crippen molar-refractivity contribution in [1.82, 2.24) is 0 Å². The molecule has 1 amide bonds. The Bertz CT molecular complexity index is 1200. The zero-order valence-corrected chi connectivity index (χ0v) is 18.8. The van der Waals surface area contributed by atoms with Crippen LogP contribution in [-0.2, 0) is 19.6 Å². The number of ether oxygens (including phenoxy) is 1. The fraction of sp³-hybridized carbons (Fsp3) is 0.130. The molecule has 0 aromatic heterocycles. The minimum Gasteiger partial charge on any atom is -0.462 e. The van der Waals surface area contributed by atoms with Crippen LogP contribution in [0.15, 0.2) is 83.8 Å². The summed E-state index contributed by atoms with van der Waals surface area (Å²) >= 11 is 6.05. The van der Waals surface area contributed by atoms with Gasteiger partial charge in [-0.15, -0.1) is 0 Å². The standard InChI is InChI=1S/C23H21ClN2O5S/c1-2-31-23(28)17-11-13-19(14-12-17)25-22(27)16-26(20-8-6-7-18(24)15-20)32(29,30)21-9-4-3-5-10-21/h3-15H,2,16H2,1H3,(H,25,27). The van der Waals surface area contributed by atoms with Crippen molar-refractivity contribution in [2.75, 3.05) is 22.8 Å². The van der Waals surface area contributed by atoms with Crippen molar-refractivity contribution < 1.29 is 22.7 Å². The number of carbonyl (C=O) groups excluding carboxylic acids is 2. The number of halogens is 1. The summed E-state index contributed by atoms with van der Waals surface area (Å²) in [6, 6.07) is 20.2. The molecular formula is C23H21ClN2O5S. The van der Waals surface area contributed by atoms with E-state index in [2.05, 4.69) is 5.32 Å². The highest BCUT2D eigenvalue weighted by molar-refractivity contribution is 7.92. The third-order valence-electron chi connectivity index (χ3n) is 4.39. The Hall–Kier alpha value is -3.36. The highest BCUT2D eigenvalue weighted by Crippen LogP contribution is 2.26. The highest BCUT2D eigenvalue weighted by atomic mass is 35.5. The topological polar surface area (TPSA) is 92.8 Å². The molecule has 166 valence electrons. The molecule has 3 aromatic rings. The second-order valence-corrected chi connectivity index (χ2v) is 8.95. The lowest BCUT2D eigenvalue weighted by atomic mass is 10.2. The van der Waals surface area contributed by atoms with Crippen molar-refractivity contribution in [2.24, 2.45) is 0 Å². The van der Waals surface area contributed by atoms with Gasteiger partial charge in [-0.25, -0.2) is 13.2 Å². The number of anilines is 2. The summed E-state index contributed by atoms with van der Waals surface area (Å²) in [5.41, 5.74) is 1.01. The van der Waals surface area contributed by atoms with Crippen molar-refractivity contribution in [1.29, 1.82) is 0 Å². The van der Waals surface area contributed by atoms with E-state index in [4.69, 9.17) is 16.3 Å². The van der Waals surface area contributed by atoms with Crippen LogP contribution in [0.5, 0.6) is 0 Å². The lowest BCUT2D eigenvalue weighted by Crippen LogP contribution is -2.38. The first-order valence-electron chi connectivity index (χ1n) is 9.71. The monoisotopic (exact) mass is 472 g/mol. The average Bonchev–Trinajstić information content (AvgIpc) is 2.78. The second kappa shape index (κ2) is 10.3. The molecule has 0 aliphatic rings. The Balaban J connectivity index is 1.84. The Kier molecular flexibility index (Phi) is 7.50. The van der Waals surface area contributed by atoms with Crippen molar-refractivity contribution in [3.8, 4) is 0 Å². The SMILES string of the molecule is CCOC(=O)c1ccc(NC(=O)CN(c2cccc(Cl)c2)S(=O)(=O)c2ccccc2)cc1. The molecule has 0 spiro atoms. The summed E-state index contributed by atoms with van der Waals surface area (Å²) in [6.45, 7) is 1.49. The Labute approximate surface area is 191 Å². The summed E-state index contributed by atoms with van der Waals surface area (Å²) < 4.78 is 32.5. The van der Waals surface area contributed by atoms with Gasteiger partial charge in [-0.3, -0.25) is 9.10 Å². The van der Waals surface area contributed by atoms with E-state index in [-0.39, 0.29) is 17.2 Å². The Morgan fingerprint density at radius 1 is 0.969 bits per heavy atom. The summed E-state index contributed by atoms with van der Waals surface area (Å²) in [7, 11) is -4.03. The van der Waals surface area contributed by atoms with Crippen LogP contribution in [0.3, 0.4) is 0 Å². The number of sulfonamides is 1. The minimum absolute atomic E-state index is 0.0477. The van der Waals surface area contributed by atoms with Gasteiger partial charge >= 0.3 is 5.97 Å². The molecule has 0 aliphatic carbocycles. The molecular weight excluding hydrogens is 452 g/mol. The van der Waals surface area contributed by atoms with Crippen molar-refractivity contribution in [3.05, 3.63) is 89.4 Å². The van der Waals surface area contributed by atoms with Gasteiger partial charge in [-0.05, 0) is 61.5 Å². The van der Waals surface area contributed by atoms with E-state index in [9.17, 15) is 18.0 Å². The van der Waals surface area contributed by atoms with Crippen LogP contribution in [0.1, 0.15) is 17.3 Å². The maximum absolute atomic E-state index is 13.3. The Morgan fingerprint density at radius 3 is 2.28 bits per heavy atom. The molecule has 9 heteroatoms. The van der Waals surface area contributed by atoms with Gasteiger partial charge < -0.3 is 10.1 Å². The quantitative estimate of drug-likeness (QED) is 0.492. The fourth-order valence-corrected chi connectivity index (χ4v) is 4.52. The van der Waals surface area contributed by atoms with Gasteiger partial charge in [0, 0.05) is 10.7 Å². The van der Waals surface area contributed by atoms with Crippen LogP contribution in [0.2, 0.25) is 5.02 Å². The third kappa shape index (κ3) is 5.66. The van der Waals surface area contributed by atoms with Crippen LogP contribution < -0.4 is 9.62 Å². The zero-order valence-electron chi connectivity index (χ0n) is 17.2. The van der Waals surface area contributed by atoms with Gasteiger partial charge in [0.15, 0.2) is 0 Å². The van der Waals surface area contributed by atoms with E-state index in [1.54, 1.807) is 55.5 Å². The molecule has 0 saturated carbocycles. The summed E-state index contributed by atoms with van der Waals surface area (Å²) in [6.07, 6.45) is 0.